The maximum atomic E-state index is 9.68. The molecule has 0 aromatic heterocycles. The third-order valence-electron chi connectivity index (χ3n) is 3.45. The number of likely N-dealkylation sites (N-methyl/N-ethyl adjacent to an activating group) is 1. The Morgan fingerprint density at radius 2 is 2.10 bits per heavy atom. The van der Waals surface area contributed by atoms with Gasteiger partial charge in [-0.1, -0.05) is 6.92 Å². The van der Waals surface area contributed by atoms with Crippen LogP contribution in [0.1, 0.15) is 12.5 Å². The predicted octanol–water partition coefficient (Wildman–Crippen LogP) is 2.73. The molecule has 1 heterocycles. The van der Waals surface area contributed by atoms with Crippen molar-refractivity contribution < 1.29 is 9.84 Å². The molecule has 1 aromatic carbocycles. The summed E-state index contributed by atoms with van der Waals surface area (Å²) >= 11 is 6.69. The molecule has 2 rings (SSSR count). The number of morpholine rings is 1. The molecule has 112 valence electrons. The maximum Gasteiger partial charge on any atom is 0.143 e. The second-order valence-electron chi connectivity index (χ2n) is 4.93. The fourth-order valence-corrected chi connectivity index (χ4v) is 3.57. The van der Waals surface area contributed by atoms with Crippen molar-refractivity contribution in [3.63, 3.8) is 0 Å². The van der Waals surface area contributed by atoms with Crippen molar-refractivity contribution in [1.82, 2.24) is 10.2 Å². The molecular weight excluding hydrogens is 388 g/mol. The Labute approximate surface area is 136 Å². The van der Waals surface area contributed by atoms with Crippen LogP contribution in [-0.4, -0.2) is 48.9 Å². The number of hydrogen-bond acceptors (Lipinski definition) is 4. The number of rotatable bonds is 5. The highest BCUT2D eigenvalue weighted by Crippen LogP contribution is 2.33. The fourth-order valence-electron chi connectivity index (χ4n) is 2.29. The van der Waals surface area contributed by atoms with Gasteiger partial charge in [0.05, 0.1) is 21.7 Å². The highest BCUT2D eigenvalue weighted by Gasteiger charge is 2.18. The molecule has 0 bridgehead atoms. The summed E-state index contributed by atoms with van der Waals surface area (Å²) < 4.78 is 7.16. The van der Waals surface area contributed by atoms with Crippen LogP contribution in [0.25, 0.3) is 0 Å². The molecule has 1 atom stereocenters. The molecule has 6 heteroatoms. The van der Waals surface area contributed by atoms with E-state index in [9.17, 15) is 5.11 Å². The van der Waals surface area contributed by atoms with Gasteiger partial charge < -0.3 is 15.2 Å². The van der Waals surface area contributed by atoms with Crippen LogP contribution in [0.4, 0.5) is 0 Å². The van der Waals surface area contributed by atoms with Gasteiger partial charge in [-0.2, -0.15) is 0 Å². The lowest BCUT2D eigenvalue weighted by Crippen LogP contribution is -2.46. The first-order valence-corrected chi connectivity index (χ1v) is 8.40. The summed E-state index contributed by atoms with van der Waals surface area (Å²) in [4.78, 5) is 2.41. The quantitative estimate of drug-likeness (QED) is 0.787. The van der Waals surface area contributed by atoms with Crippen LogP contribution in [0.3, 0.4) is 0 Å². The molecule has 1 fully saturated rings. The molecule has 1 aromatic rings. The van der Waals surface area contributed by atoms with Crippen LogP contribution < -0.4 is 5.32 Å². The van der Waals surface area contributed by atoms with Gasteiger partial charge in [-0.15, -0.1) is 0 Å². The minimum absolute atomic E-state index is 0.239. The van der Waals surface area contributed by atoms with E-state index in [1.165, 1.54) is 0 Å². The van der Waals surface area contributed by atoms with Crippen molar-refractivity contribution in [1.29, 1.82) is 0 Å². The van der Waals surface area contributed by atoms with Crippen LogP contribution in [0, 0.1) is 0 Å². The standard InChI is InChI=1S/C14H20Br2N2O2/c1-2-18-3-4-20-11(9-18)8-17-7-10-5-12(15)14(19)13(16)6-10/h5-6,11,17,19H,2-4,7-9H2,1H3. The molecule has 1 saturated heterocycles. The lowest BCUT2D eigenvalue weighted by molar-refractivity contribution is -0.0253. The minimum atomic E-state index is 0.239. The number of nitrogens with zero attached hydrogens (tertiary/aromatic N) is 1. The third-order valence-corrected chi connectivity index (χ3v) is 4.66. The fraction of sp³-hybridized carbons (Fsp3) is 0.571. The van der Waals surface area contributed by atoms with Gasteiger partial charge in [0.1, 0.15) is 5.75 Å². The second kappa shape index (κ2) is 7.75. The molecule has 0 aliphatic carbocycles. The summed E-state index contributed by atoms with van der Waals surface area (Å²) in [6, 6.07) is 3.85. The second-order valence-corrected chi connectivity index (χ2v) is 6.63. The van der Waals surface area contributed by atoms with Gasteiger partial charge >= 0.3 is 0 Å². The predicted molar refractivity (Wildman–Crippen MR) is 87.1 cm³/mol. The average Bonchev–Trinajstić information content (AvgIpc) is 2.45. The van der Waals surface area contributed by atoms with Crippen molar-refractivity contribution in [3.05, 3.63) is 26.6 Å². The zero-order chi connectivity index (χ0) is 14.5. The molecule has 0 amide bonds. The van der Waals surface area contributed by atoms with Crippen molar-refractivity contribution in [3.8, 4) is 5.75 Å². The first-order valence-electron chi connectivity index (χ1n) is 6.81. The van der Waals surface area contributed by atoms with Crippen LogP contribution >= 0.6 is 31.9 Å². The number of phenols is 1. The number of phenolic OH excluding ortho intramolecular Hbond substituents is 1. The average molecular weight is 408 g/mol. The van der Waals surface area contributed by atoms with Crippen LogP contribution in [0.2, 0.25) is 0 Å². The highest BCUT2D eigenvalue weighted by molar-refractivity contribution is 9.11. The normalized spacial score (nSPS) is 20.2. The summed E-state index contributed by atoms with van der Waals surface area (Å²) in [6.45, 7) is 7.70. The van der Waals surface area contributed by atoms with E-state index in [4.69, 9.17) is 4.74 Å². The van der Waals surface area contributed by atoms with Crippen LogP contribution in [0.15, 0.2) is 21.1 Å². The molecule has 20 heavy (non-hydrogen) atoms. The SMILES string of the molecule is CCN1CCOC(CNCc2cc(Br)c(O)c(Br)c2)C1. The molecule has 0 spiro atoms. The zero-order valence-corrected chi connectivity index (χ0v) is 14.7. The van der Waals surface area contributed by atoms with Crippen molar-refractivity contribution >= 4 is 31.9 Å². The molecular formula is C14H20Br2N2O2. The van der Waals surface area contributed by atoms with Gasteiger partial charge in [0.15, 0.2) is 0 Å². The van der Waals surface area contributed by atoms with Crippen LogP contribution in [0.5, 0.6) is 5.75 Å². The number of benzene rings is 1. The largest absolute Gasteiger partial charge is 0.506 e. The van der Waals surface area contributed by atoms with E-state index in [1.807, 2.05) is 12.1 Å². The van der Waals surface area contributed by atoms with Gasteiger partial charge in [-0.05, 0) is 56.1 Å². The molecule has 2 N–H and O–H groups in total. The topological polar surface area (TPSA) is 44.7 Å². The summed E-state index contributed by atoms with van der Waals surface area (Å²) in [5, 5.41) is 13.1. The van der Waals surface area contributed by atoms with E-state index >= 15 is 0 Å². The highest BCUT2D eigenvalue weighted by atomic mass is 79.9. The molecule has 0 radical (unpaired) electrons. The van der Waals surface area contributed by atoms with Gasteiger partial charge in [0.2, 0.25) is 0 Å². The third kappa shape index (κ3) is 4.43. The Morgan fingerprint density at radius 3 is 2.75 bits per heavy atom. The Hall–Kier alpha value is -0.140. The molecule has 1 unspecified atom stereocenters. The van der Waals surface area contributed by atoms with E-state index in [1.54, 1.807) is 0 Å². The lowest BCUT2D eigenvalue weighted by atomic mass is 10.2. The molecule has 4 nitrogen and oxygen atoms in total. The molecule has 0 saturated carbocycles. The smallest absolute Gasteiger partial charge is 0.143 e. The first-order chi connectivity index (χ1) is 9.60. The van der Waals surface area contributed by atoms with Gasteiger partial charge in [-0.25, -0.2) is 0 Å². The van der Waals surface area contributed by atoms with E-state index in [-0.39, 0.29) is 11.9 Å². The number of aromatic hydroxyl groups is 1. The van der Waals surface area contributed by atoms with Crippen molar-refractivity contribution in [2.45, 2.75) is 19.6 Å². The summed E-state index contributed by atoms with van der Waals surface area (Å²) in [5.74, 6) is 0.239. The van der Waals surface area contributed by atoms with E-state index in [2.05, 4.69) is 49.0 Å². The number of hydrogen-bond donors (Lipinski definition) is 2. The molecule has 1 aliphatic heterocycles. The Balaban J connectivity index is 1.81. The number of ether oxygens (including phenoxy) is 1. The van der Waals surface area contributed by atoms with Gasteiger partial charge in [0, 0.05) is 26.2 Å². The maximum absolute atomic E-state index is 9.68. The summed E-state index contributed by atoms with van der Waals surface area (Å²) in [5.41, 5.74) is 1.12. The van der Waals surface area contributed by atoms with Gasteiger partial charge in [0.25, 0.3) is 0 Å². The minimum Gasteiger partial charge on any atom is -0.506 e. The summed E-state index contributed by atoms with van der Waals surface area (Å²) in [6.07, 6.45) is 0.257. The van der Waals surface area contributed by atoms with Crippen molar-refractivity contribution in [2.75, 3.05) is 32.8 Å². The van der Waals surface area contributed by atoms with E-state index < -0.39 is 0 Å². The van der Waals surface area contributed by atoms with E-state index in [0.29, 0.717) is 8.95 Å². The Morgan fingerprint density at radius 1 is 1.40 bits per heavy atom. The number of nitrogens with one attached hydrogen (secondary N) is 1. The zero-order valence-electron chi connectivity index (χ0n) is 11.5. The lowest BCUT2D eigenvalue weighted by Gasteiger charge is -2.32. The van der Waals surface area contributed by atoms with Crippen LogP contribution in [-0.2, 0) is 11.3 Å². The monoisotopic (exact) mass is 406 g/mol. The Bertz CT molecular complexity index is 434. The molecule has 1 aliphatic rings. The Kier molecular flexibility index (Phi) is 6.29. The van der Waals surface area contributed by atoms with Gasteiger partial charge in [-0.3, -0.25) is 4.90 Å². The first kappa shape index (κ1) is 16.2. The number of halogens is 2. The van der Waals surface area contributed by atoms with E-state index in [0.717, 1.165) is 44.9 Å². The summed E-state index contributed by atoms with van der Waals surface area (Å²) in [7, 11) is 0. The van der Waals surface area contributed by atoms with Crippen molar-refractivity contribution in [2.24, 2.45) is 0 Å².